The number of aromatic nitrogens is 2. The van der Waals surface area contributed by atoms with Gasteiger partial charge in [0.15, 0.2) is 5.16 Å². The second-order valence-corrected chi connectivity index (χ2v) is 8.56. The number of nitrogens with zero attached hydrogens (tertiary/aromatic N) is 2. The molecule has 0 aliphatic rings. The predicted molar refractivity (Wildman–Crippen MR) is 128 cm³/mol. The first-order valence-corrected chi connectivity index (χ1v) is 11.6. The molecule has 1 amide bonds. The first kappa shape index (κ1) is 23.8. The van der Waals surface area contributed by atoms with Gasteiger partial charge >= 0.3 is 0 Å². The highest BCUT2D eigenvalue weighted by Crippen LogP contribution is 2.19. The maximum absolute atomic E-state index is 13.0. The van der Waals surface area contributed by atoms with Gasteiger partial charge in [0.2, 0.25) is 5.91 Å². The van der Waals surface area contributed by atoms with E-state index in [1.54, 1.807) is 18.7 Å². The average molecular weight is 452 g/mol. The number of rotatable bonds is 11. The van der Waals surface area contributed by atoms with Crippen molar-refractivity contribution in [2.45, 2.75) is 37.6 Å². The van der Waals surface area contributed by atoms with E-state index in [2.05, 4.69) is 5.32 Å². The van der Waals surface area contributed by atoms with Crippen molar-refractivity contribution in [1.82, 2.24) is 14.9 Å². The van der Waals surface area contributed by atoms with Crippen LogP contribution in [0.15, 0.2) is 70.6 Å². The summed E-state index contributed by atoms with van der Waals surface area (Å²) in [7, 11) is 3.35. The quantitative estimate of drug-likeness (QED) is 0.273. The Balaban J connectivity index is 1.57. The number of carbonyl (C=O) groups excluding carboxylic acids is 1. The Morgan fingerprint density at radius 2 is 1.72 bits per heavy atom. The topological polar surface area (TPSA) is 73.2 Å². The van der Waals surface area contributed by atoms with Crippen LogP contribution in [0.1, 0.15) is 35.2 Å². The van der Waals surface area contributed by atoms with E-state index in [0.29, 0.717) is 48.0 Å². The van der Waals surface area contributed by atoms with E-state index < -0.39 is 0 Å². The van der Waals surface area contributed by atoms with Gasteiger partial charge in [0.1, 0.15) is 0 Å². The van der Waals surface area contributed by atoms with Gasteiger partial charge in [0.05, 0.1) is 12.3 Å². The van der Waals surface area contributed by atoms with Gasteiger partial charge in [0, 0.05) is 44.9 Å². The van der Waals surface area contributed by atoms with Crippen LogP contribution in [0.5, 0.6) is 0 Å². The molecule has 168 valence electrons. The van der Waals surface area contributed by atoms with Crippen LogP contribution in [0.2, 0.25) is 0 Å². The van der Waals surface area contributed by atoms with Crippen LogP contribution in [0.4, 0.5) is 0 Å². The summed E-state index contributed by atoms with van der Waals surface area (Å²) in [5, 5.41) is 3.58. The Kier molecular flexibility index (Phi) is 9.07. The lowest BCUT2D eigenvalue weighted by molar-refractivity contribution is -0.121. The number of carbonyl (C=O) groups is 1. The van der Waals surface area contributed by atoms with Crippen LogP contribution < -0.4 is 10.9 Å². The van der Waals surface area contributed by atoms with Gasteiger partial charge in [-0.05, 0) is 17.5 Å². The summed E-state index contributed by atoms with van der Waals surface area (Å²) < 4.78 is 6.90. The number of ether oxygens (including phenoxy) is 1. The van der Waals surface area contributed by atoms with Crippen molar-refractivity contribution < 1.29 is 9.53 Å². The standard InChI is InChI=1S/C25H29N3O3S/c1-28-24(30)21(16-19-10-5-3-6-11-19)22(18-31-2)27-25(28)32-15-9-14-23(29)26-17-20-12-7-4-8-13-20/h3-8,10-13H,9,14-18H2,1-2H3,(H,26,29). The third-order valence-electron chi connectivity index (χ3n) is 5.05. The van der Waals surface area contributed by atoms with Crippen molar-refractivity contribution in [3.63, 3.8) is 0 Å². The monoisotopic (exact) mass is 451 g/mol. The lowest BCUT2D eigenvalue weighted by Gasteiger charge is -2.14. The summed E-state index contributed by atoms with van der Waals surface area (Å²) in [6.45, 7) is 0.819. The van der Waals surface area contributed by atoms with E-state index >= 15 is 0 Å². The summed E-state index contributed by atoms with van der Waals surface area (Å²) >= 11 is 1.49. The molecular weight excluding hydrogens is 422 g/mol. The van der Waals surface area contributed by atoms with Crippen molar-refractivity contribution in [3.05, 3.63) is 93.4 Å². The number of amides is 1. The maximum Gasteiger partial charge on any atom is 0.257 e. The molecule has 0 bridgehead atoms. The van der Waals surface area contributed by atoms with Crippen LogP contribution in [-0.2, 0) is 36.2 Å². The number of hydrogen-bond donors (Lipinski definition) is 1. The fourth-order valence-corrected chi connectivity index (χ4v) is 4.24. The van der Waals surface area contributed by atoms with E-state index in [9.17, 15) is 9.59 Å². The molecule has 0 fully saturated rings. The fraction of sp³-hybridized carbons (Fsp3) is 0.320. The summed E-state index contributed by atoms with van der Waals surface area (Å²) in [6, 6.07) is 19.7. The van der Waals surface area contributed by atoms with Gasteiger partial charge in [-0.1, -0.05) is 72.4 Å². The van der Waals surface area contributed by atoms with Gasteiger partial charge in [-0.3, -0.25) is 14.2 Å². The van der Waals surface area contributed by atoms with Crippen molar-refractivity contribution >= 4 is 17.7 Å². The zero-order chi connectivity index (χ0) is 22.8. The fourth-order valence-electron chi connectivity index (χ4n) is 3.31. The molecule has 3 aromatic rings. The second-order valence-electron chi connectivity index (χ2n) is 7.49. The highest BCUT2D eigenvalue weighted by Gasteiger charge is 2.16. The minimum Gasteiger partial charge on any atom is -0.378 e. The Bertz CT molecular complexity index is 1070. The molecule has 1 heterocycles. The summed E-state index contributed by atoms with van der Waals surface area (Å²) in [6.07, 6.45) is 1.66. The summed E-state index contributed by atoms with van der Waals surface area (Å²) in [5.74, 6) is 0.721. The third-order valence-corrected chi connectivity index (χ3v) is 6.16. The summed E-state index contributed by atoms with van der Waals surface area (Å²) in [5.41, 5.74) is 3.41. The molecule has 0 unspecified atom stereocenters. The largest absolute Gasteiger partial charge is 0.378 e. The molecule has 1 aromatic heterocycles. The molecule has 0 saturated heterocycles. The van der Waals surface area contributed by atoms with Gasteiger partial charge in [-0.25, -0.2) is 4.98 Å². The number of benzene rings is 2. The molecular formula is C25H29N3O3S. The minimum absolute atomic E-state index is 0.0228. The second kappa shape index (κ2) is 12.2. The lowest BCUT2D eigenvalue weighted by atomic mass is 10.0. The van der Waals surface area contributed by atoms with E-state index in [1.165, 1.54) is 11.8 Å². The van der Waals surface area contributed by atoms with Crippen molar-refractivity contribution in [1.29, 1.82) is 0 Å². The van der Waals surface area contributed by atoms with Gasteiger partial charge in [0.25, 0.3) is 5.56 Å². The number of hydrogen-bond acceptors (Lipinski definition) is 5. The highest BCUT2D eigenvalue weighted by molar-refractivity contribution is 7.99. The first-order chi connectivity index (χ1) is 15.6. The Hall–Kier alpha value is -2.90. The van der Waals surface area contributed by atoms with Crippen LogP contribution in [0, 0.1) is 0 Å². The molecule has 32 heavy (non-hydrogen) atoms. The Morgan fingerprint density at radius 3 is 2.38 bits per heavy atom. The lowest BCUT2D eigenvalue weighted by Crippen LogP contribution is -2.27. The first-order valence-electron chi connectivity index (χ1n) is 10.6. The van der Waals surface area contributed by atoms with E-state index in [-0.39, 0.29) is 18.1 Å². The van der Waals surface area contributed by atoms with Crippen LogP contribution in [-0.4, -0.2) is 28.3 Å². The maximum atomic E-state index is 13.0. The molecule has 0 radical (unpaired) electrons. The molecule has 6 nitrogen and oxygen atoms in total. The molecule has 2 aromatic carbocycles. The van der Waals surface area contributed by atoms with Crippen molar-refractivity contribution in [2.75, 3.05) is 12.9 Å². The molecule has 0 aliphatic carbocycles. The zero-order valence-electron chi connectivity index (χ0n) is 18.5. The molecule has 0 atom stereocenters. The van der Waals surface area contributed by atoms with Crippen LogP contribution >= 0.6 is 11.8 Å². The van der Waals surface area contributed by atoms with E-state index in [1.807, 2.05) is 60.7 Å². The van der Waals surface area contributed by atoms with E-state index in [0.717, 1.165) is 11.1 Å². The van der Waals surface area contributed by atoms with E-state index in [4.69, 9.17) is 9.72 Å². The molecule has 0 saturated carbocycles. The summed E-state index contributed by atoms with van der Waals surface area (Å²) in [4.78, 5) is 29.9. The molecule has 1 N–H and O–H groups in total. The molecule has 0 aliphatic heterocycles. The van der Waals surface area contributed by atoms with Gasteiger partial charge in [-0.2, -0.15) is 0 Å². The average Bonchev–Trinajstić information content (AvgIpc) is 2.82. The molecule has 3 rings (SSSR count). The van der Waals surface area contributed by atoms with Crippen molar-refractivity contribution in [2.24, 2.45) is 7.05 Å². The zero-order valence-corrected chi connectivity index (χ0v) is 19.4. The predicted octanol–water partition coefficient (Wildman–Crippen LogP) is 3.71. The normalized spacial score (nSPS) is 10.8. The third kappa shape index (κ3) is 6.80. The SMILES string of the molecule is COCc1nc(SCCCC(=O)NCc2ccccc2)n(C)c(=O)c1Cc1ccccc1. The highest BCUT2D eigenvalue weighted by atomic mass is 32.2. The number of thioether (sulfide) groups is 1. The van der Waals surface area contributed by atoms with Crippen LogP contribution in [0.25, 0.3) is 0 Å². The Labute approximate surface area is 193 Å². The number of methoxy groups -OCH3 is 1. The van der Waals surface area contributed by atoms with Crippen molar-refractivity contribution in [3.8, 4) is 0 Å². The number of nitrogens with one attached hydrogen (secondary N) is 1. The molecule has 0 spiro atoms. The Morgan fingerprint density at radius 1 is 1.06 bits per heavy atom. The molecule has 7 heteroatoms. The van der Waals surface area contributed by atoms with Gasteiger partial charge in [-0.15, -0.1) is 0 Å². The smallest absolute Gasteiger partial charge is 0.257 e. The minimum atomic E-state index is -0.0565. The van der Waals surface area contributed by atoms with Gasteiger partial charge < -0.3 is 10.1 Å². The van der Waals surface area contributed by atoms with Crippen LogP contribution in [0.3, 0.4) is 0 Å².